The van der Waals surface area contributed by atoms with Crippen LogP contribution in [0.5, 0.6) is 5.75 Å². The Morgan fingerprint density at radius 3 is 2.18 bits per heavy atom. The van der Waals surface area contributed by atoms with Crippen molar-refractivity contribution in [2.45, 2.75) is 63.6 Å². The van der Waals surface area contributed by atoms with Crippen molar-refractivity contribution in [2.24, 2.45) is 11.8 Å². The number of sulfonamides is 1. The van der Waals surface area contributed by atoms with E-state index in [0.29, 0.717) is 25.3 Å². The molecule has 0 unspecified atom stereocenters. The van der Waals surface area contributed by atoms with E-state index in [0.717, 1.165) is 5.56 Å². The van der Waals surface area contributed by atoms with Crippen LogP contribution in [0.1, 0.15) is 39.7 Å². The molecule has 0 radical (unpaired) electrons. The van der Waals surface area contributed by atoms with Gasteiger partial charge >= 0.3 is 0 Å². The van der Waals surface area contributed by atoms with E-state index in [-0.39, 0.29) is 48.7 Å². The lowest BCUT2D eigenvalue weighted by molar-refractivity contribution is -0.131. The Hall–Kier alpha value is -3.03. The van der Waals surface area contributed by atoms with E-state index < -0.39 is 34.1 Å². The maximum Gasteiger partial charge on any atom is 0.243 e. The minimum Gasteiger partial charge on any atom is -0.497 e. The van der Waals surface area contributed by atoms with E-state index in [1.165, 1.54) is 23.5 Å². The average molecular weight is 635 g/mol. The third-order valence-electron chi connectivity index (χ3n) is 7.33. The fourth-order valence-electron chi connectivity index (χ4n) is 4.64. The number of hydrogen-bond donors (Lipinski definition) is 4. The van der Waals surface area contributed by atoms with Gasteiger partial charge in [0, 0.05) is 26.7 Å². The van der Waals surface area contributed by atoms with Crippen molar-refractivity contribution in [3.8, 4) is 5.75 Å². The number of hydrogen-bond acceptors (Lipinski definition) is 8. The predicted molar refractivity (Wildman–Crippen MR) is 171 cm³/mol. The van der Waals surface area contributed by atoms with E-state index in [1.54, 1.807) is 19.2 Å². The highest BCUT2D eigenvalue weighted by Crippen LogP contribution is 2.22. The van der Waals surface area contributed by atoms with Crippen LogP contribution in [-0.2, 0) is 30.8 Å². The molecule has 4 atom stereocenters. The van der Waals surface area contributed by atoms with Gasteiger partial charge in [-0.3, -0.25) is 9.59 Å². The highest BCUT2D eigenvalue weighted by Gasteiger charge is 2.34. The van der Waals surface area contributed by atoms with Crippen molar-refractivity contribution in [3.63, 3.8) is 0 Å². The first-order chi connectivity index (χ1) is 20.9. The normalized spacial score (nSPS) is 14.6. The van der Waals surface area contributed by atoms with E-state index in [4.69, 9.17) is 9.47 Å². The number of carbonyl (C=O) groups is 2. The molecule has 11 nitrogen and oxygen atoms in total. The Morgan fingerprint density at radius 1 is 0.955 bits per heavy atom. The Labute approximate surface area is 262 Å². The lowest BCUT2D eigenvalue weighted by Gasteiger charge is -2.32. The zero-order chi connectivity index (χ0) is 32.7. The summed E-state index contributed by atoms with van der Waals surface area (Å²) in [5.74, 6) is -0.479. The second kappa shape index (κ2) is 18.7. The summed E-state index contributed by atoms with van der Waals surface area (Å²) in [6.45, 7) is 8.48. The lowest BCUT2D eigenvalue weighted by Crippen LogP contribution is -2.57. The van der Waals surface area contributed by atoms with Gasteiger partial charge in [0.15, 0.2) is 0 Å². The van der Waals surface area contributed by atoms with Gasteiger partial charge in [-0.25, -0.2) is 8.42 Å². The third-order valence-corrected chi connectivity index (χ3v) is 9.17. The van der Waals surface area contributed by atoms with Gasteiger partial charge in [-0.1, -0.05) is 64.4 Å². The first kappa shape index (κ1) is 37.2. The van der Waals surface area contributed by atoms with E-state index >= 15 is 0 Å². The summed E-state index contributed by atoms with van der Waals surface area (Å²) >= 11 is 0. The fraction of sp³-hybridized carbons (Fsp3) is 0.562. The van der Waals surface area contributed by atoms with Gasteiger partial charge in [0.2, 0.25) is 21.8 Å². The molecule has 246 valence electrons. The monoisotopic (exact) mass is 634 g/mol. The second-order valence-electron chi connectivity index (χ2n) is 11.4. The van der Waals surface area contributed by atoms with Gasteiger partial charge in [-0.2, -0.15) is 4.31 Å². The van der Waals surface area contributed by atoms with Gasteiger partial charge in [0.1, 0.15) is 11.8 Å². The zero-order valence-electron chi connectivity index (χ0n) is 26.8. The van der Waals surface area contributed by atoms with Gasteiger partial charge in [-0.05, 0) is 48.1 Å². The van der Waals surface area contributed by atoms with Crippen LogP contribution < -0.4 is 20.7 Å². The molecule has 12 heteroatoms. The molecule has 0 fully saturated rings. The van der Waals surface area contributed by atoms with Crippen LogP contribution in [0.4, 0.5) is 0 Å². The summed E-state index contributed by atoms with van der Waals surface area (Å²) in [7, 11) is -0.907. The number of aliphatic hydroxyl groups is 1. The summed E-state index contributed by atoms with van der Waals surface area (Å²) in [6.07, 6.45) is -0.371. The predicted octanol–water partition coefficient (Wildman–Crippen LogP) is 2.20. The Morgan fingerprint density at radius 2 is 1.61 bits per heavy atom. The second-order valence-corrected chi connectivity index (χ2v) is 13.3. The van der Waals surface area contributed by atoms with Crippen molar-refractivity contribution < 1.29 is 32.6 Å². The SMILES string of the molecule is CC[C@H](C)[C@H](NC(=O)CNCCOC)C(=O)N[C@@H](Cc1ccccc1)[C@H](O)CN(CC(C)C)S(=O)(=O)c1ccc(OC)cc1. The summed E-state index contributed by atoms with van der Waals surface area (Å²) in [5.41, 5.74) is 0.858. The molecule has 2 aromatic carbocycles. The van der Waals surface area contributed by atoms with Crippen molar-refractivity contribution in [1.29, 1.82) is 0 Å². The molecule has 2 rings (SSSR count). The number of nitrogens with one attached hydrogen (secondary N) is 3. The van der Waals surface area contributed by atoms with E-state index in [1.807, 2.05) is 58.0 Å². The number of benzene rings is 2. The van der Waals surface area contributed by atoms with Crippen LogP contribution in [0.25, 0.3) is 0 Å². The Balaban J connectivity index is 2.33. The number of carbonyl (C=O) groups excluding carboxylic acids is 2. The molecule has 2 aromatic rings. The topological polar surface area (TPSA) is 146 Å². The number of rotatable bonds is 20. The molecular weight excluding hydrogens is 584 g/mol. The minimum atomic E-state index is -3.98. The van der Waals surface area contributed by atoms with Gasteiger partial charge in [0.05, 0.1) is 37.3 Å². The Bertz CT molecular complexity index is 1240. The molecule has 2 amide bonds. The zero-order valence-corrected chi connectivity index (χ0v) is 27.6. The average Bonchev–Trinajstić information content (AvgIpc) is 3.01. The van der Waals surface area contributed by atoms with Crippen molar-refractivity contribution in [1.82, 2.24) is 20.3 Å². The Kier molecular flexibility index (Phi) is 15.8. The maximum atomic E-state index is 13.7. The van der Waals surface area contributed by atoms with Crippen molar-refractivity contribution in [2.75, 3.05) is 47.0 Å². The lowest BCUT2D eigenvalue weighted by atomic mass is 9.96. The molecule has 0 saturated carbocycles. The van der Waals surface area contributed by atoms with E-state index in [9.17, 15) is 23.1 Å². The minimum absolute atomic E-state index is 0.0209. The first-order valence-corrected chi connectivity index (χ1v) is 16.5. The van der Waals surface area contributed by atoms with Crippen LogP contribution in [0, 0.1) is 11.8 Å². The quantitative estimate of drug-likeness (QED) is 0.162. The third kappa shape index (κ3) is 11.8. The molecule has 0 bridgehead atoms. The highest BCUT2D eigenvalue weighted by molar-refractivity contribution is 7.89. The number of methoxy groups -OCH3 is 2. The van der Waals surface area contributed by atoms with Crippen LogP contribution in [0.2, 0.25) is 0 Å². The number of nitrogens with zero attached hydrogens (tertiary/aromatic N) is 1. The summed E-state index contributed by atoms with van der Waals surface area (Å²) in [4.78, 5) is 26.4. The molecular formula is C32H50N4O7S. The standard InChI is InChI=1S/C32H50N4O7S/c1-7-24(4)31(35-30(38)20-33-17-18-42-5)32(39)34-28(19-25-11-9-8-10-12-25)29(37)22-36(21-23(2)3)44(40,41)27-15-13-26(43-6)14-16-27/h8-16,23-24,28-29,31,33,37H,7,17-22H2,1-6H3,(H,34,39)(H,35,38)/t24-,28-,29+,31-/m0/s1. The highest BCUT2D eigenvalue weighted by atomic mass is 32.2. The molecule has 0 aliphatic heterocycles. The molecule has 0 spiro atoms. The maximum absolute atomic E-state index is 13.7. The van der Waals surface area contributed by atoms with Gasteiger partial charge in [0.25, 0.3) is 0 Å². The van der Waals surface area contributed by atoms with Gasteiger partial charge in [-0.15, -0.1) is 0 Å². The largest absolute Gasteiger partial charge is 0.497 e. The van der Waals surface area contributed by atoms with Crippen LogP contribution in [-0.4, -0.2) is 94.8 Å². The number of ether oxygens (including phenoxy) is 2. The van der Waals surface area contributed by atoms with Crippen LogP contribution >= 0.6 is 0 Å². The number of amides is 2. The molecule has 0 saturated heterocycles. The molecule has 4 N–H and O–H groups in total. The summed E-state index contributed by atoms with van der Waals surface area (Å²) in [6, 6.07) is 13.8. The van der Waals surface area contributed by atoms with Crippen LogP contribution in [0.15, 0.2) is 59.5 Å². The molecule has 44 heavy (non-hydrogen) atoms. The molecule has 0 aliphatic rings. The van der Waals surface area contributed by atoms with Gasteiger partial charge < -0.3 is 30.5 Å². The first-order valence-electron chi connectivity index (χ1n) is 15.1. The molecule has 0 heterocycles. The van der Waals surface area contributed by atoms with Crippen molar-refractivity contribution in [3.05, 3.63) is 60.2 Å². The summed E-state index contributed by atoms with van der Waals surface area (Å²) in [5, 5.41) is 20.3. The van der Waals surface area contributed by atoms with E-state index in [2.05, 4.69) is 16.0 Å². The number of aliphatic hydroxyl groups excluding tert-OH is 1. The fourth-order valence-corrected chi connectivity index (χ4v) is 6.26. The van der Waals surface area contributed by atoms with Crippen molar-refractivity contribution >= 4 is 21.8 Å². The smallest absolute Gasteiger partial charge is 0.243 e. The summed E-state index contributed by atoms with van der Waals surface area (Å²) < 4.78 is 38.9. The molecule has 0 aromatic heterocycles. The van der Waals surface area contributed by atoms with Crippen LogP contribution in [0.3, 0.4) is 0 Å². The molecule has 0 aliphatic carbocycles.